The minimum Gasteiger partial charge on any atom is -0.333 e. The van der Waals surface area contributed by atoms with Gasteiger partial charge in [-0.2, -0.15) is 0 Å². The van der Waals surface area contributed by atoms with Gasteiger partial charge in [-0.25, -0.2) is 4.98 Å². The van der Waals surface area contributed by atoms with Crippen LogP contribution in [0.15, 0.2) is 60.0 Å². The Labute approximate surface area is 175 Å². The predicted molar refractivity (Wildman–Crippen MR) is 115 cm³/mol. The molecule has 0 spiro atoms. The van der Waals surface area contributed by atoms with E-state index in [4.69, 9.17) is 16.6 Å². The Bertz CT molecular complexity index is 935. The Kier molecular flexibility index (Phi) is 5.79. The molecular formula is C23H23ClN2OS. The van der Waals surface area contributed by atoms with Crippen LogP contribution < -0.4 is 0 Å². The topological polar surface area (TPSA) is 33.2 Å². The number of hydrogen-bond acceptors (Lipinski definition) is 3. The first kappa shape index (κ1) is 19.2. The highest BCUT2D eigenvalue weighted by molar-refractivity contribution is 7.09. The quantitative estimate of drug-likeness (QED) is 0.501. The number of carbonyl (C=O) groups excluding carboxylic acids is 1. The molecule has 1 aliphatic carbocycles. The van der Waals surface area contributed by atoms with E-state index >= 15 is 0 Å². The second kappa shape index (κ2) is 8.46. The molecule has 144 valence electrons. The Morgan fingerprint density at radius 1 is 1.18 bits per heavy atom. The van der Waals surface area contributed by atoms with Crippen LogP contribution in [0.4, 0.5) is 0 Å². The molecule has 1 atom stereocenters. The zero-order valence-corrected chi connectivity index (χ0v) is 17.4. The number of carbonyl (C=O) groups is 1. The lowest BCUT2D eigenvalue weighted by molar-refractivity contribution is -0.133. The Morgan fingerprint density at radius 2 is 1.89 bits per heavy atom. The summed E-state index contributed by atoms with van der Waals surface area (Å²) in [5.74, 6) is 0.154. The lowest BCUT2D eigenvalue weighted by Gasteiger charge is -2.29. The molecule has 0 saturated heterocycles. The van der Waals surface area contributed by atoms with Crippen molar-refractivity contribution in [3.05, 3.63) is 86.8 Å². The maximum Gasteiger partial charge on any atom is 0.229 e. The molecule has 0 aliphatic heterocycles. The Morgan fingerprint density at radius 3 is 2.57 bits per heavy atom. The molecule has 28 heavy (non-hydrogen) atoms. The maximum atomic E-state index is 13.1. The molecule has 1 amide bonds. The van der Waals surface area contributed by atoms with Gasteiger partial charge in [0.05, 0.1) is 23.2 Å². The van der Waals surface area contributed by atoms with E-state index in [1.54, 1.807) is 11.3 Å². The van der Waals surface area contributed by atoms with Crippen LogP contribution in [0.2, 0.25) is 5.02 Å². The fourth-order valence-corrected chi connectivity index (χ4v) is 4.47. The van der Waals surface area contributed by atoms with Gasteiger partial charge in [-0.1, -0.05) is 54.1 Å². The van der Waals surface area contributed by atoms with Gasteiger partial charge in [0.25, 0.3) is 0 Å². The molecule has 1 unspecified atom stereocenters. The second-order valence-corrected chi connectivity index (χ2v) is 8.71. The molecule has 1 aromatic heterocycles. The molecule has 0 radical (unpaired) electrons. The van der Waals surface area contributed by atoms with Gasteiger partial charge in [0.2, 0.25) is 5.91 Å². The summed E-state index contributed by atoms with van der Waals surface area (Å²) in [5.41, 5.74) is 3.23. The molecule has 1 saturated carbocycles. The van der Waals surface area contributed by atoms with Crippen molar-refractivity contribution >= 4 is 28.8 Å². The smallest absolute Gasteiger partial charge is 0.229 e. The average Bonchev–Trinajstić information content (AvgIpc) is 3.43. The third-order valence-electron chi connectivity index (χ3n) is 5.13. The highest BCUT2D eigenvalue weighted by Crippen LogP contribution is 2.35. The van der Waals surface area contributed by atoms with Gasteiger partial charge >= 0.3 is 0 Å². The maximum absolute atomic E-state index is 13.1. The standard InChI is InChI=1S/C23H23ClN2OS/c1-16(18-7-9-19(24)10-8-18)26(21-11-12-21)23(27)14-20-15-28-22(25-20)13-17-5-3-2-4-6-17/h2-10,15-16,21H,11-14H2,1H3. The number of thiazole rings is 1. The van der Waals surface area contributed by atoms with E-state index in [-0.39, 0.29) is 11.9 Å². The molecule has 0 bridgehead atoms. The molecule has 3 aromatic rings. The van der Waals surface area contributed by atoms with Gasteiger partial charge in [0.15, 0.2) is 0 Å². The van der Waals surface area contributed by atoms with E-state index in [2.05, 4.69) is 19.1 Å². The highest BCUT2D eigenvalue weighted by atomic mass is 35.5. The molecule has 4 rings (SSSR count). The van der Waals surface area contributed by atoms with Crippen LogP contribution >= 0.6 is 22.9 Å². The van der Waals surface area contributed by atoms with Crippen LogP contribution in [0.5, 0.6) is 0 Å². The van der Waals surface area contributed by atoms with E-state index < -0.39 is 0 Å². The van der Waals surface area contributed by atoms with Crippen molar-refractivity contribution in [1.29, 1.82) is 0 Å². The van der Waals surface area contributed by atoms with Gasteiger partial charge in [-0.3, -0.25) is 4.79 Å². The number of nitrogens with zero attached hydrogens (tertiary/aromatic N) is 2. The average molecular weight is 411 g/mol. The summed E-state index contributed by atoms with van der Waals surface area (Å²) in [4.78, 5) is 19.9. The first-order chi connectivity index (χ1) is 13.6. The van der Waals surface area contributed by atoms with Gasteiger partial charge in [-0.05, 0) is 43.0 Å². The second-order valence-electron chi connectivity index (χ2n) is 7.33. The minimum atomic E-state index is 0.0414. The van der Waals surface area contributed by atoms with Crippen molar-refractivity contribution in [1.82, 2.24) is 9.88 Å². The van der Waals surface area contributed by atoms with Crippen LogP contribution in [0.1, 0.15) is 47.6 Å². The molecule has 1 aliphatic rings. The highest BCUT2D eigenvalue weighted by Gasteiger charge is 2.36. The zero-order chi connectivity index (χ0) is 19.5. The lowest BCUT2D eigenvalue weighted by Crippen LogP contribution is -2.36. The SMILES string of the molecule is CC(c1ccc(Cl)cc1)N(C(=O)Cc1csc(Cc2ccccc2)n1)C1CC1. The van der Waals surface area contributed by atoms with Crippen molar-refractivity contribution in [2.45, 2.75) is 44.7 Å². The molecular weight excluding hydrogens is 388 g/mol. The van der Waals surface area contributed by atoms with E-state index in [0.717, 1.165) is 35.5 Å². The fraction of sp³-hybridized carbons (Fsp3) is 0.304. The largest absolute Gasteiger partial charge is 0.333 e. The van der Waals surface area contributed by atoms with Gasteiger partial charge in [0.1, 0.15) is 0 Å². The number of halogens is 1. The Balaban J connectivity index is 1.44. The van der Waals surface area contributed by atoms with Crippen LogP contribution in [0.3, 0.4) is 0 Å². The minimum absolute atomic E-state index is 0.0414. The summed E-state index contributed by atoms with van der Waals surface area (Å²) in [6.45, 7) is 2.10. The van der Waals surface area contributed by atoms with Crippen LogP contribution in [0, 0.1) is 0 Å². The summed E-state index contributed by atoms with van der Waals surface area (Å²) in [5, 5.41) is 3.79. The van der Waals surface area contributed by atoms with E-state index in [0.29, 0.717) is 17.5 Å². The molecule has 1 fully saturated rings. The first-order valence-electron chi connectivity index (χ1n) is 9.64. The molecule has 1 heterocycles. The molecule has 3 nitrogen and oxygen atoms in total. The third-order valence-corrected chi connectivity index (χ3v) is 6.28. The monoisotopic (exact) mass is 410 g/mol. The summed E-state index contributed by atoms with van der Waals surface area (Å²) >= 11 is 7.65. The third kappa shape index (κ3) is 4.62. The summed E-state index contributed by atoms with van der Waals surface area (Å²) in [6.07, 6.45) is 3.34. The predicted octanol–water partition coefficient (Wildman–Crippen LogP) is 5.68. The van der Waals surface area contributed by atoms with Gasteiger partial charge in [-0.15, -0.1) is 11.3 Å². The molecule has 5 heteroatoms. The summed E-state index contributed by atoms with van der Waals surface area (Å²) < 4.78 is 0. The first-order valence-corrected chi connectivity index (χ1v) is 10.9. The van der Waals surface area contributed by atoms with Crippen molar-refractivity contribution in [3.8, 4) is 0 Å². The van der Waals surface area contributed by atoms with Crippen molar-refractivity contribution in [2.75, 3.05) is 0 Å². The van der Waals surface area contributed by atoms with Crippen LogP contribution in [-0.4, -0.2) is 21.8 Å². The van der Waals surface area contributed by atoms with E-state index in [1.165, 1.54) is 5.56 Å². The fourth-order valence-electron chi connectivity index (χ4n) is 3.52. The summed E-state index contributed by atoms with van der Waals surface area (Å²) in [7, 11) is 0. The summed E-state index contributed by atoms with van der Waals surface area (Å²) in [6, 6.07) is 18.5. The van der Waals surface area contributed by atoms with Gasteiger partial charge < -0.3 is 4.90 Å². The van der Waals surface area contributed by atoms with E-state index in [9.17, 15) is 4.79 Å². The molecule has 0 N–H and O–H groups in total. The number of benzene rings is 2. The Hall–Kier alpha value is -2.17. The van der Waals surface area contributed by atoms with Crippen LogP contribution in [-0.2, 0) is 17.6 Å². The van der Waals surface area contributed by atoms with E-state index in [1.807, 2.05) is 52.7 Å². The normalized spacial score (nSPS) is 14.6. The number of aromatic nitrogens is 1. The van der Waals surface area contributed by atoms with Crippen molar-refractivity contribution in [3.63, 3.8) is 0 Å². The van der Waals surface area contributed by atoms with Crippen molar-refractivity contribution < 1.29 is 4.79 Å². The van der Waals surface area contributed by atoms with Crippen molar-refractivity contribution in [2.24, 2.45) is 0 Å². The lowest BCUT2D eigenvalue weighted by atomic mass is 10.1. The number of hydrogen-bond donors (Lipinski definition) is 0. The number of amides is 1. The number of rotatable bonds is 7. The zero-order valence-electron chi connectivity index (χ0n) is 15.8. The molecule has 2 aromatic carbocycles. The van der Waals surface area contributed by atoms with Crippen LogP contribution in [0.25, 0.3) is 0 Å². The van der Waals surface area contributed by atoms with Gasteiger partial charge in [0, 0.05) is 22.9 Å².